The van der Waals surface area contributed by atoms with Crippen molar-refractivity contribution in [3.63, 3.8) is 0 Å². The van der Waals surface area contributed by atoms with Gasteiger partial charge in [-0.25, -0.2) is 0 Å². The summed E-state index contributed by atoms with van der Waals surface area (Å²) >= 11 is 0. The van der Waals surface area contributed by atoms with Gasteiger partial charge in [-0.2, -0.15) is 0 Å². The van der Waals surface area contributed by atoms with Gasteiger partial charge in [-0.05, 0) is 12.3 Å². The lowest BCUT2D eigenvalue weighted by Gasteiger charge is -2.32. The van der Waals surface area contributed by atoms with Gasteiger partial charge >= 0.3 is 0 Å². The smallest absolute Gasteiger partial charge is 0.243 e. The maximum atomic E-state index is 13.3. The van der Waals surface area contributed by atoms with Crippen molar-refractivity contribution < 1.29 is 24.2 Å². The summed E-state index contributed by atoms with van der Waals surface area (Å²) in [5.41, 5.74) is 0. The van der Waals surface area contributed by atoms with E-state index in [2.05, 4.69) is 15.5 Å². The molecule has 0 radical (unpaired) electrons. The standard InChI is InChI=1S/C21H34N4O5/c1-14-4-5-15-17(16(14)19(27)22-2)21(29)25(7-3-11-26)18(15)20(28)23-6-8-24-9-12-30-13-10-24/h4-5,14-18,26H,3,6-13H2,1-2H3,(H,22,27)(H,23,28)/t14-,15+,16-,17-,18+/m1/s1. The zero-order chi connectivity index (χ0) is 21.7. The van der Waals surface area contributed by atoms with Crippen LogP contribution in [0.5, 0.6) is 0 Å². The van der Waals surface area contributed by atoms with Gasteiger partial charge in [0.05, 0.1) is 25.0 Å². The van der Waals surface area contributed by atoms with E-state index in [1.54, 1.807) is 11.9 Å². The molecule has 30 heavy (non-hydrogen) atoms. The minimum Gasteiger partial charge on any atom is -0.396 e. The summed E-state index contributed by atoms with van der Waals surface area (Å²) in [5.74, 6) is -2.04. The molecule has 0 aromatic heterocycles. The average Bonchev–Trinajstić information content (AvgIpc) is 3.04. The first-order valence-corrected chi connectivity index (χ1v) is 10.9. The third-order valence-electron chi connectivity index (χ3n) is 6.48. The van der Waals surface area contributed by atoms with Gasteiger partial charge in [0, 0.05) is 52.3 Å². The van der Waals surface area contributed by atoms with Crippen LogP contribution < -0.4 is 10.6 Å². The van der Waals surface area contributed by atoms with Crippen LogP contribution in [-0.2, 0) is 19.1 Å². The van der Waals surface area contributed by atoms with E-state index in [-0.39, 0.29) is 36.2 Å². The number of carbonyl (C=O) groups excluding carboxylic acids is 3. The molecule has 168 valence electrons. The van der Waals surface area contributed by atoms with Crippen LogP contribution in [0, 0.1) is 23.7 Å². The second-order valence-electron chi connectivity index (χ2n) is 8.29. The van der Waals surface area contributed by atoms with E-state index in [0.717, 1.165) is 19.6 Å². The second kappa shape index (κ2) is 10.4. The molecule has 0 spiro atoms. The zero-order valence-corrected chi connectivity index (χ0v) is 17.9. The summed E-state index contributed by atoms with van der Waals surface area (Å²) in [6.07, 6.45) is 4.27. The van der Waals surface area contributed by atoms with Gasteiger partial charge in [0.1, 0.15) is 6.04 Å². The Hall–Kier alpha value is -1.97. The van der Waals surface area contributed by atoms with Crippen molar-refractivity contribution in [1.29, 1.82) is 0 Å². The van der Waals surface area contributed by atoms with Crippen molar-refractivity contribution >= 4 is 17.7 Å². The van der Waals surface area contributed by atoms with Gasteiger partial charge in [0.2, 0.25) is 17.7 Å². The number of nitrogens with one attached hydrogen (secondary N) is 2. The fourth-order valence-electron chi connectivity index (χ4n) is 4.91. The third kappa shape index (κ3) is 4.68. The van der Waals surface area contributed by atoms with Crippen LogP contribution >= 0.6 is 0 Å². The van der Waals surface area contributed by atoms with Gasteiger partial charge in [-0.1, -0.05) is 19.1 Å². The molecular formula is C21H34N4O5. The number of ether oxygens (including phenoxy) is 1. The first-order valence-electron chi connectivity index (χ1n) is 10.9. The minimum absolute atomic E-state index is 0.0599. The molecule has 0 aromatic carbocycles. The molecule has 0 bridgehead atoms. The molecule has 5 atom stereocenters. The molecule has 0 aromatic rings. The Morgan fingerprint density at radius 3 is 2.60 bits per heavy atom. The highest BCUT2D eigenvalue weighted by molar-refractivity contribution is 5.96. The Bertz CT molecular complexity index is 664. The molecule has 0 saturated carbocycles. The lowest BCUT2D eigenvalue weighted by atomic mass is 9.70. The van der Waals surface area contributed by atoms with Crippen LogP contribution in [0.1, 0.15) is 13.3 Å². The van der Waals surface area contributed by atoms with Crippen LogP contribution in [0.25, 0.3) is 0 Å². The van der Waals surface area contributed by atoms with Gasteiger partial charge in [0.15, 0.2) is 0 Å². The van der Waals surface area contributed by atoms with Gasteiger partial charge in [0.25, 0.3) is 0 Å². The Labute approximate surface area is 177 Å². The lowest BCUT2D eigenvalue weighted by molar-refractivity contribution is -0.140. The van der Waals surface area contributed by atoms with E-state index in [1.807, 2.05) is 19.1 Å². The van der Waals surface area contributed by atoms with Crippen LogP contribution in [0.4, 0.5) is 0 Å². The molecule has 3 amide bonds. The molecule has 9 nitrogen and oxygen atoms in total. The molecule has 3 N–H and O–H groups in total. The first kappa shape index (κ1) is 22.7. The molecule has 2 aliphatic heterocycles. The van der Waals surface area contributed by atoms with E-state index < -0.39 is 17.9 Å². The maximum Gasteiger partial charge on any atom is 0.243 e. The van der Waals surface area contributed by atoms with Crippen molar-refractivity contribution in [2.45, 2.75) is 19.4 Å². The molecule has 9 heteroatoms. The molecule has 2 heterocycles. The number of hydrogen-bond acceptors (Lipinski definition) is 6. The normalized spacial score (nSPS) is 31.5. The van der Waals surface area contributed by atoms with Crippen molar-refractivity contribution in [1.82, 2.24) is 20.4 Å². The number of fused-ring (bicyclic) bond motifs is 1. The highest BCUT2D eigenvalue weighted by Crippen LogP contribution is 2.43. The average molecular weight is 423 g/mol. The largest absolute Gasteiger partial charge is 0.396 e. The molecule has 2 saturated heterocycles. The van der Waals surface area contributed by atoms with E-state index >= 15 is 0 Å². The van der Waals surface area contributed by atoms with Gasteiger partial charge in [-0.15, -0.1) is 0 Å². The van der Waals surface area contributed by atoms with Crippen LogP contribution in [0.15, 0.2) is 12.2 Å². The summed E-state index contributed by atoms with van der Waals surface area (Å²) < 4.78 is 5.34. The number of likely N-dealkylation sites (tertiary alicyclic amines) is 1. The summed E-state index contributed by atoms with van der Waals surface area (Å²) in [4.78, 5) is 42.8. The third-order valence-corrected chi connectivity index (χ3v) is 6.48. The number of carbonyl (C=O) groups is 3. The Kier molecular flexibility index (Phi) is 7.85. The highest BCUT2D eigenvalue weighted by atomic mass is 16.5. The van der Waals surface area contributed by atoms with Gasteiger partial charge < -0.3 is 25.4 Å². The number of nitrogens with zero attached hydrogens (tertiary/aromatic N) is 2. The molecule has 2 fully saturated rings. The zero-order valence-electron chi connectivity index (χ0n) is 17.9. The van der Waals surface area contributed by atoms with Crippen LogP contribution in [0.2, 0.25) is 0 Å². The van der Waals surface area contributed by atoms with E-state index in [1.165, 1.54) is 0 Å². The topological polar surface area (TPSA) is 111 Å². The number of allylic oxidation sites excluding steroid dienone is 1. The number of hydrogen-bond donors (Lipinski definition) is 3. The van der Waals surface area contributed by atoms with E-state index in [4.69, 9.17) is 4.74 Å². The van der Waals surface area contributed by atoms with Crippen molar-refractivity contribution in [3.05, 3.63) is 12.2 Å². The molecule has 3 rings (SSSR count). The van der Waals surface area contributed by atoms with E-state index in [9.17, 15) is 19.5 Å². The molecule has 0 unspecified atom stereocenters. The maximum absolute atomic E-state index is 13.3. The minimum atomic E-state index is -0.658. The Balaban J connectivity index is 1.74. The predicted octanol–water partition coefficient (Wildman–Crippen LogP) is -1.17. The lowest BCUT2D eigenvalue weighted by Crippen LogP contribution is -2.49. The molecular weight excluding hydrogens is 388 g/mol. The van der Waals surface area contributed by atoms with Gasteiger partial charge in [-0.3, -0.25) is 19.3 Å². The first-order chi connectivity index (χ1) is 14.5. The number of aliphatic hydroxyl groups is 1. The monoisotopic (exact) mass is 422 g/mol. The predicted molar refractivity (Wildman–Crippen MR) is 110 cm³/mol. The Morgan fingerprint density at radius 1 is 1.20 bits per heavy atom. The number of aliphatic hydroxyl groups excluding tert-OH is 1. The fraction of sp³-hybridized carbons (Fsp3) is 0.762. The number of rotatable bonds is 8. The second-order valence-corrected chi connectivity index (χ2v) is 8.29. The summed E-state index contributed by atoms with van der Waals surface area (Å²) in [5, 5.41) is 14.9. The fourth-order valence-corrected chi connectivity index (χ4v) is 4.91. The highest BCUT2D eigenvalue weighted by Gasteiger charge is 2.56. The summed E-state index contributed by atoms with van der Waals surface area (Å²) in [6, 6.07) is -0.658. The van der Waals surface area contributed by atoms with E-state index in [0.29, 0.717) is 32.7 Å². The van der Waals surface area contributed by atoms with Crippen molar-refractivity contribution in [2.75, 3.05) is 59.6 Å². The van der Waals surface area contributed by atoms with Crippen molar-refractivity contribution in [2.24, 2.45) is 23.7 Å². The summed E-state index contributed by atoms with van der Waals surface area (Å²) in [7, 11) is 1.57. The number of morpholine rings is 1. The van der Waals surface area contributed by atoms with Crippen molar-refractivity contribution in [3.8, 4) is 0 Å². The summed E-state index contributed by atoms with van der Waals surface area (Å²) in [6.45, 7) is 6.48. The molecule has 3 aliphatic rings. The SMILES string of the molecule is CNC(=O)[C@H]1[C@@H]2C(=O)N(CCCO)[C@H](C(=O)NCCN3CCOCC3)[C@H]2C=C[C@H]1C. The van der Waals surface area contributed by atoms with Crippen LogP contribution in [-0.4, -0.2) is 98.3 Å². The quantitative estimate of drug-likeness (QED) is 0.425. The number of amides is 3. The molecule has 1 aliphatic carbocycles. The Morgan fingerprint density at radius 2 is 1.93 bits per heavy atom. The van der Waals surface area contributed by atoms with Crippen LogP contribution in [0.3, 0.4) is 0 Å².